The summed E-state index contributed by atoms with van der Waals surface area (Å²) < 4.78 is 1.42. The number of hydrogen-bond donors (Lipinski definition) is 2. The number of hydrogen-bond acceptors (Lipinski definition) is 7. The smallest absolute Gasteiger partial charge is 0.358 e. The first-order valence-electron chi connectivity index (χ1n) is 5.20. The Labute approximate surface area is 101 Å². The Balaban J connectivity index is 2.29. The molecule has 18 heavy (non-hydrogen) atoms. The van der Waals surface area contributed by atoms with Crippen molar-refractivity contribution in [3.63, 3.8) is 0 Å². The minimum atomic E-state index is -1.13. The zero-order valence-corrected chi connectivity index (χ0v) is 9.68. The molecule has 10 nitrogen and oxygen atoms in total. The molecule has 0 fully saturated rings. The van der Waals surface area contributed by atoms with Gasteiger partial charge in [0, 0.05) is 6.42 Å². The lowest BCUT2D eigenvalue weighted by atomic mass is 10.2. The van der Waals surface area contributed by atoms with E-state index < -0.39 is 5.97 Å². The molecule has 0 unspecified atom stereocenters. The van der Waals surface area contributed by atoms with E-state index in [1.807, 2.05) is 0 Å². The molecule has 0 saturated heterocycles. The second kappa shape index (κ2) is 4.87. The summed E-state index contributed by atoms with van der Waals surface area (Å²) in [4.78, 5) is 12.3. The molecule has 2 rings (SSSR count). The van der Waals surface area contributed by atoms with Crippen LogP contribution in [-0.2, 0) is 20.0 Å². The molecular weight excluding hydrogens is 240 g/mol. The molecule has 3 N–H and O–H groups in total. The van der Waals surface area contributed by atoms with E-state index in [4.69, 9.17) is 10.8 Å². The second-order valence-corrected chi connectivity index (χ2v) is 3.58. The topological polar surface area (TPSA) is 138 Å². The first-order chi connectivity index (χ1) is 8.61. The SMILES string of the molecule is Cn1nnc(Cn2nnc(C(=O)O)c2CCN)n1. The minimum Gasteiger partial charge on any atom is -0.476 e. The minimum absolute atomic E-state index is 0.0932. The van der Waals surface area contributed by atoms with E-state index >= 15 is 0 Å². The molecule has 0 aliphatic heterocycles. The Hall–Kier alpha value is -2.36. The molecule has 0 bridgehead atoms. The summed E-state index contributed by atoms with van der Waals surface area (Å²) in [7, 11) is 1.64. The van der Waals surface area contributed by atoms with Crippen LogP contribution in [0, 0.1) is 0 Å². The van der Waals surface area contributed by atoms with Gasteiger partial charge in [-0.2, -0.15) is 4.80 Å². The van der Waals surface area contributed by atoms with Crippen LogP contribution in [-0.4, -0.2) is 52.8 Å². The van der Waals surface area contributed by atoms with Crippen molar-refractivity contribution >= 4 is 5.97 Å². The van der Waals surface area contributed by atoms with Gasteiger partial charge in [-0.25, -0.2) is 9.48 Å². The molecule has 0 radical (unpaired) electrons. The van der Waals surface area contributed by atoms with Crippen molar-refractivity contribution in [2.75, 3.05) is 6.54 Å². The maximum absolute atomic E-state index is 11.0. The van der Waals surface area contributed by atoms with Crippen molar-refractivity contribution in [2.24, 2.45) is 12.8 Å². The van der Waals surface area contributed by atoms with E-state index in [9.17, 15) is 4.79 Å². The number of nitrogens with two attached hydrogens (primary N) is 1. The number of rotatable bonds is 5. The van der Waals surface area contributed by atoms with Crippen LogP contribution < -0.4 is 5.73 Å². The van der Waals surface area contributed by atoms with Crippen LogP contribution in [0.3, 0.4) is 0 Å². The average Bonchev–Trinajstić information content (AvgIpc) is 2.88. The van der Waals surface area contributed by atoms with Crippen molar-refractivity contribution in [3.05, 3.63) is 17.2 Å². The Morgan fingerprint density at radius 2 is 2.17 bits per heavy atom. The quantitative estimate of drug-likeness (QED) is 0.626. The number of aromatic carboxylic acids is 1. The van der Waals surface area contributed by atoms with E-state index in [0.717, 1.165) is 0 Å². The highest BCUT2D eigenvalue weighted by atomic mass is 16.4. The Morgan fingerprint density at radius 1 is 1.39 bits per heavy atom. The van der Waals surface area contributed by atoms with Crippen molar-refractivity contribution in [1.29, 1.82) is 0 Å². The normalized spacial score (nSPS) is 10.8. The lowest BCUT2D eigenvalue weighted by Gasteiger charge is -2.02. The summed E-state index contributed by atoms with van der Waals surface area (Å²) in [6.45, 7) is 0.519. The molecule has 0 atom stereocenters. The lowest BCUT2D eigenvalue weighted by molar-refractivity contribution is 0.0689. The number of carboxylic acids is 1. The van der Waals surface area contributed by atoms with Crippen LogP contribution in [0.25, 0.3) is 0 Å². The van der Waals surface area contributed by atoms with Gasteiger partial charge in [-0.05, 0) is 11.8 Å². The van der Waals surface area contributed by atoms with Gasteiger partial charge in [0.15, 0.2) is 11.5 Å². The first-order valence-corrected chi connectivity index (χ1v) is 5.20. The summed E-state index contributed by atoms with van der Waals surface area (Å²) in [5.41, 5.74) is 5.81. The molecule has 2 heterocycles. The fourth-order valence-corrected chi connectivity index (χ4v) is 1.53. The van der Waals surface area contributed by atoms with Gasteiger partial charge in [0.25, 0.3) is 0 Å². The predicted molar refractivity (Wildman–Crippen MR) is 57.6 cm³/mol. The molecule has 96 valence electrons. The molecule has 0 amide bonds. The van der Waals surface area contributed by atoms with Gasteiger partial charge in [0.2, 0.25) is 0 Å². The molecule has 0 aliphatic carbocycles. The van der Waals surface area contributed by atoms with E-state index in [1.54, 1.807) is 7.05 Å². The van der Waals surface area contributed by atoms with Gasteiger partial charge in [-0.1, -0.05) is 5.21 Å². The Kier molecular flexibility index (Phi) is 3.28. The monoisotopic (exact) mass is 252 g/mol. The zero-order chi connectivity index (χ0) is 13.1. The van der Waals surface area contributed by atoms with Crippen LogP contribution in [0.15, 0.2) is 0 Å². The van der Waals surface area contributed by atoms with Crippen LogP contribution in [0.4, 0.5) is 0 Å². The molecule has 2 aromatic rings. The standard InChI is InChI=1S/C8H12N8O2/c1-15-12-6(10-13-15)4-16-5(2-3-9)7(8(17)18)11-14-16/h2-4,9H2,1H3,(H,17,18). The molecule has 0 aliphatic rings. The number of aromatic nitrogens is 7. The van der Waals surface area contributed by atoms with E-state index in [1.165, 1.54) is 9.48 Å². The highest BCUT2D eigenvalue weighted by Gasteiger charge is 2.19. The average molecular weight is 252 g/mol. The molecule has 0 spiro atoms. The molecule has 0 saturated carbocycles. The van der Waals surface area contributed by atoms with Gasteiger partial charge < -0.3 is 10.8 Å². The van der Waals surface area contributed by atoms with Crippen LogP contribution >= 0.6 is 0 Å². The Bertz CT molecular complexity index is 559. The van der Waals surface area contributed by atoms with Crippen molar-refractivity contribution in [2.45, 2.75) is 13.0 Å². The van der Waals surface area contributed by atoms with Crippen LogP contribution in [0.1, 0.15) is 22.0 Å². The summed E-state index contributed by atoms with van der Waals surface area (Å²) in [5, 5.41) is 27.8. The summed E-state index contributed by atoms with van der Waals surface area (Å²) in [5.74, 6) is -0.700. The van der Waals surface area contributed by atoms with E-state index in [-0.39, 0.29) is 12.2 Å². The number of nitrogens with zero attached hydrogens (tertiary/aromatic N) is 7. The van der Waals surface area contributed by atoms with Crippen LogP contribution in [0.2, 0.25) is 0 Å². The first kappa shape index (κ1) is 12.1. The molecular formula is C8H12N8O2. The fraction of sp³-hybridized carbons (Fsp3) is 0.500. The van der Waals surface area contributed by atoms with Gasteiger partial charge >= 0.3 is 5.97 Å². The number of carboxylic acid groups (broad SMARTS) is 1. The van der Waals surface area contributed by atoms with Gasteiger partial charge in [0.05, 0.1) is 12.7 Å². The summed E-state index contributed by atoms with van der Waals surface area (Å²) in [6.07, 6.45) is 0.370. The third-order valence-electron chi connectivity index (χ3n) is 2.26. The van der Waals surface area contributed by atoms with Gasteiger partial charge in [-0.3, -0.25) is 0 Å². The molecule has 0 aromatic carbocycles. The van der Waals surface area contributed by atoms with Crippen molar-refractivity contribution < 1.29 is 9.90 Å². The molecule has 2 aromatic heterocycles. The maximum Gasteiger partial charge on any atom is 0.358 e. The van der Waals surface area contributed by atoms with Gasteiger partial charge in [0.1, 0.15) is 6.54 Å². The van der Waals surface area contributed by atoms with Crippen molar-refractivity contribution in [3.8, 4) is 0 Å². The highest BCUT2D eigenvalue weighted by molar-refractivity contribution is 5.86. The highest BCUT2D eigenvalue weighted by Crippen LogP contribution is 2.07. The molecule has 10 heteroatoms. The van der Waals surface area contributed by atoms with Crippen molar-refractivity contribution in [1.82, 2.24) is 35.2 Å². The lowest BCUT2D eigenvalue weighted by Crippen LogP contribution is -2.14. The maximum atomic E-state index is 11.0. The largest absolute Gasteiger partial charge is 0.476 e. The third-order valence-corrected chi connectivity index (χ3v) is 2.26. The summed E-state index contributed by atoms with van der Waals surface area (Å²) >= 11 is 0. The number of carbonyl (C=O) groups is 1. The fourth-order valence-electron chi connectivity index (χ4n) is 1.53. The van der Waals surface area contributed by atoms with E-state index in [0.29, 0.717) is 24.5 Å². The van der Waals surface area contributed by atoms with E-state index in [2.05, 4.69) is 25.7 Å². The number of tetrazole rings is 1. The zero-order valence-electron chi connectivity index (χ0n) is 9.68. The Morgan fingerprint density at radius 3 is 2.72 bits per heavy atom. The third kappa shape index (κ3) is 2.32. The van der Waals surface area contributed by atoms with Crippen LogP contribution in [0.5, 0.6) is 0 Å². The van der Waals surface area contributed by atoms with Gasteiger partial charge in [-0.15, -0.1) is 15.3 Å². The predicted octanol–water partition coefficient (Wildman–Crippen LogP) is -1.95. The second-order valence-electron chi connectivity index (χ2n) is 3.58. The summed E-state index contributed by atoms with van der Waals surface area (Å²) in [6, 6.07) is 0. The number of aryl methyl sites for hydroxylation is 1.